The maximum Gasteiger partial charge on any atom is 0.271 e. The average Bonchev–Trinajstić information content (AvgIpc) is 3.29. The Bertz CT molecular complexity index is 1340. The molecule has 0 radical (unpaired) electrons. The van der Waals surface area contributed by atoms with E-state index in [0.29, 0.717) is 23.5 Å². The molecule has 2 aromatic heterocycles. The van der Waals surface area contributed by atoms with E-state index in [1.165, 1.54) is 0 Å². The number of rotatable bonds is 6. The fraction of sp³-hybridized carbons (Fsp3) is 0.120. The molecule has 0 aliphatic carbocycles. The number of thioether (sulfide) groups is 1. The van der Waals surface area contributed by atoms with Gasteiger partial charge in [-0.25, -0.2) is 4.98 Å². The summed E-state index contributed by atoms with van der Waals surface area (Å²) in [5.41, 5.74) is 8.03. The van der Waals surface area contributed by atoms with Crippen molar-refractivity contribution in [3.63, 3.8) is 0 Å². The minimum Gasteiger partial charge on any atom is -0.475 e. The van der Waals surface area contributed by atoms with Gasteiger partial charge in [-0.3, -0.25) is 15.2 Å². The van der Waals surface area contributed by atoms with Crippen LogP contribution in [0.4, 0.5) is 5.82 Å². The largest absolute Gasteiger partial charge is 0.475 e. The molecule has 1 amide bonds. The molecule has 1 aliphatic heterocycles. The molecule has 0 saturated heterocycles. The van der Waals surface area contributed by atoms with E-state index in [1.54, 1.807) is 24.2 Å². The average molecular weight is 456 g/mol. The number of hydrogen-bond donors (Lipinski definition) is 3. The van der Waals surface area contributed by atoms with Crippen LogP contribution in [-0.2, 0) is 11.2 Å². The molecule has 2 aromatic carbocycles. The monoisotopic (exact) mass is 455 g/mol. The molecule has 0 fully saturated rings. The first kappa shape index (κ1) is 21.0. The zero-order chi connectivity index (χ0) is 22.8. The van der Waals surface area contributed by atoms with Crippen LogP contribution in [0.2, 0.25) is 0 Å². The molecule has 2 atom stereocenters. The molecular weight excluding hydrogens is 434 g/mol. The molecule has 1 aliphatic rings. The Morgan fingerprint density at radius 3 is 2.73 bits per heavy atom. The van der Waals surface area contributed by atoms with Crippen molar-refractivity contribution in [2.45, 2.75) is 22.7 Å². The molecule has 8 heteroatoms. The third-order valence-corrected chi connectivity index (χ3v) is 6.79. The Balaban J connectivity index is 1.48. The van der Waals surface area contributed by atoms with Crippen molar-refractivity contribution in [3.8, 4) is 5.75 Å². The number of nitrogens with zero attached hydrogens (tertiary/aromatic N) is 2. The molecule has 33 heavy (non-hydrogen) atoms. The van der Waals surface area contributed by atoms with Crippen molar-refractivity contribution in [2.75, 3.05) is 5.32 Å². The van der Waals surface area contributed by atoms with Gasteiger partial charge in [0.15, 0.2) is 5.82 Å². The summed E-state index contributed by atoms with van der Waals surface area (Å²) in [5, 5.41) is 11.5. The zero-order valence-electron chi connectivity index (χ0n) is 17.6. The van der Waals surface area contributed by atoms with Gasteiger partial charge >= 0.3 is 0 Å². The molecule has 164 valence electrons. The third-order valence-electron chi connectivity index (χ3n) is 5.44. The number of amides is 1. The lowest BCUT2D eigenvalue weighted by atomic mass is 10.1. The van der Waals surface area contributed by atoms with Crippen LogP contribution in [-0.4, -0.2) is 27.0 Å². The van der Waals surface area contributed by atoms with Crippen molar-refractivity contribution < 1.29 is 9.53 Å². The van der Waals surface area contributed by atoms with Gasteiger partial charge < -0.3 is 15.8 Å². The van der Waals surface area contributed by atoms with E-state index in [9.17, 15) is 4.79 Å². The van der Waals surface area contributed by atoms with Gasteiger partial charge in [-0.05, 0) is 30.7 Å². The van der Waals surface area contributed by atoms with Gasteiger partial charge in [0.1, 0.15) is 17.1 Å². The quantitative estimate of drug-likeness (QED) is 0.294. The number of pyridine rings is 2. The van der Waals surface area contributed by atoms with E-state index >= 15 is 0 Å². The highest BCUT2D eigenvalue weighted by atomic mass is 32.2. The maximum atomic E-state index is 13.5. The van der Waals surface area contributed by atoms with Crippen LogP contribution in [0.15, 0.2) is 84.0 Å². The second kappa shape index (κ2) is 8.91. The molecule has 2 unspecified atom stereocenters. The molecule has 0 bridgehead atoms. The number of amidine groups is 1. The number of nitrogens with two attached hydrogens (primary N) is 1. The Hall–Kier alpha value is -3.91. The van der Waals surface area contributed by atoms with E-state index in [2.05, 4.69) is 15.3 Å². The first-order chi connectivity index (χ1) is 16.1. The summed E-state index contributed by atoms with van der Waals surface area (Å²) in [5.74, 6) is 0.775. The number of fused-ring (bicyclic) bond motifs is 2. The second-order valence-electron chi connectivity index (χ2n) is 7.63. The van der Waals surface area contributed by atoms with Gasteiger partial charge in [-0.2, -0.15) is 0 Å². The molecule has 0 spiro atoms. The molecule has 4 aromatic rings. The van der Waals surface area contributed by atoms with E-state index in [0.717, 1.165) is 21.4 Å². The number of carbonyl (C=O) groups is 1. The van der Waals surface area contributed by atoms with Crippen LogP contribution in [0.5, 0.6) is 5.75 Å². The molecule has 0 saturated carbocycles. The second-order valence-corrected chi connectivity index (χ2v) is 8.88. The number of carbonyl (C=O) groups excluding carboxylic acids is 1. The number of aromatic nitrogens is 2. The van der Waals surface area contributed by atoms with Crippen molar-refractivity contribution in [1.82, 2.24) is 9.97 Å². The topological polar surface area (TPSA) is 114 Å². The van der Waals surface area contributed by atoms with Crippen molar-refractivity contribution in [2.24, 2.45) is 5.73 Å². The molecule has 4 N–H and O–H groups in total. The van der Waals surface area contributed by atoms with Crippen LogP contribution in [0, 0.1) is 5.41 Å². The lowest BCUT2D eigenvalue weighted by Crippen LogP contribution is -2.27. The fourth-order valence-electron chi connectivity index (χ4n) is 3.83. The van der Waals surface area contributed by atoms with Gasteiger partial charge in [0.05, 0.1) is 5.25 Å². The van der Waals surface area contributed by atoms with Crippen molar-refractivity contribution >= 4 is 40.2 Å². The Morgan fingerprint density at radius 1 is 1.06 bits per heavy atom. The minimum atomic E-state index is -0.903. The summed E-state index contributed by atoms with van der Waals surface area (Å²) < 4.78 is 6.33. The Morgan fingerprint density at radius 2 is 1.91 bits per heavy atom. The van der Waals surface area contributed by atoms with Crippen molar-refractivity contribution in [1.29, 1.82) is 5.41 Å². The van der Waals surface area contributed by atoms with E-state index < -0.39 is 6.10 Å². The van der Waals surface area contributed by atoms with Crippen LogP contribution < -0.4 is 15.8 Å². The predicted molar refractivity (Wildman–Crippen MR) is 130 cm³/mol. The van der Waals surface area contributed by atoms with Crippen LogP contribution >= 0.6 is 11.8 Å². The lowest BCUT2D eigenvalue weighted by molar-refractivity contribution is -0.123. The number of ether oxygens (including phenoxy) is 1. The number of hydrogen-bond acceptors (Lipinski definition) is 6. The smallest absolute Gasteiger partial charge is 0.271 e. The summed E-state index contributed by atoms with van der Waals surface area (Å²) >= 11 is 1.55. The van der Waals surface area contributed by atoms with Gasteiger partial charge in [-0.15, -0.1) is 11.8 Å². The first-order valence-corrected chi connectivity index (χ1v) is 11.3. The summed E-state index contributed by atoms with van der Waals surface area (Å²) in [4.78, 5) is 23.2. The zero-order valence-corrected chi connectivity index (χ0v) is 18.4. The van der Waals surface area contributed by atoms with Crippen LogP contribution in [0.25, 0.3) is 10.9 Å². The molecule has 3 heterocycles. The first-order valence-electron chi connectivity index (χ1n) is 10.4. The fourth-order valence-corrected chi connectivity index (χ4v) is 4.99. The van der Waals surface area contributed by atoms with Gasteiger partial charge in [0, 0.05) is 33.8 Å². The summed E-state index contributed by atoms with van der Waals surface area (Å²) in [7, 11) is 0. The number of anilines is 1. The van der Waals surface area contributed by atoms with Crippen molar-refractivity contribution in [3.05, 3.63) is 90.3 Å². The lowest BCUT2D eigenvalue weighted by Gasteiger charge is -2.21. The Labute approximate surface area is 194 Å². The summed E-state index contributed by atoms with van der Waals surface area (Å²) in [6, 6.07) is 20.7. The third kappa shape index (κ3) is 4.25. The summed E-state index contributed by atoms with van der Waals surface area (Å²) in [6.45, 7) is 0. The molecule has 7 nitrogen and oxygen atoms in total. The standard InChI is InChI=1S/C25H21N5O2S/c26-23(27)20-14-17-18(9-4-10-19(17)33-20)32-22(16-6-2-1-3-7-16)25(31)30-24-21-15(11-13-29-24)8-5-12-28-21/h1-13,20,22H,14H2,(H3,26,27)(H,29,30,31). The number of benzene rings is 2. The SMILES string of the molecule is N=C(N)C1Cc2c(OC(C(=O)Nc3nccc4cccnc34)c3ccccc3)cccc2S1. The predicted octanol–water partition coefficient (Wildman–Crippen LogP) is 4.34. The molecular formula is C25H21N5O2S. The Kier molecular flexibility index (Phi) is 5.66. The van der Waals surface area contributed by atoms with Gasteiger partial charge in [-0.1, -0.05) is 42.5 Å². The number of nitrogens with one attached hydrogen (secondary N) is 2. The highest BCUT2D eigenvalue weighted by Gasteiger charge is 2.30. The highest BCUT2D eigenvalue weighted by Crippen LogP contribution is 2.42. The maximum absolute atomic E-state index is 13.5. The normalized spacial score (nSPS) is 15.6. The van der Waals surface area contributed by atoms with E-state index in [-0.39, 0.29) is 17.0 Å². The summed E-state index contributed by atoms with van der Waals surface area (Å²) in [6.07, 6.45) is 2.99. The molecule has 5 rings (SSSR count). The van der Waals surface area contributed by atoms with E-state index in [4.69, 9.17) is 15.9 Å². The highest BCUT2D eigenvalue weighted by molar-refractivity contribution is 8.01. The van der Waals surface area contributed by atoms with Crippen LogP contribution in [0.1, 0.15) is 17.2 Å². The minimum absolute atomic E-state index is 0.125. The van der Waals surface area contributed by atoms with Gasteiger partial charge in [0.25, 0.3) is 5.91 Å². The van der Waals surface area contributed by atoms with E-state index in [1.807, 2.05) is 66.7 Å². The van der Waals surface area contributed by atoms with Gasteiger partial charge in [0.2, 0.25) is 6.10 Å². The van der Waals surface area contributed by atoms with Crippen LogP contribution in [0.3, 0.4) is 0 Å².